The van der Waals surface area contributed by atoms with Gasteiger partial charge >= 0.3 is 0 Å². The number of hydrogen-bond donors (Lipinski definition) is 0. The molecule has 0 aromatic heterocycles. The zero-order valence-electron chi connectivity index (χ0n) is 21.4. The number of benzene rings is 3. The molecule has 5 rings (SSSR count). The number of anilines is 1. The van der Waals surface area contributed by atoms with Crippen molar-refractivity contribution in [3.05, 3.63) is 101 Å². The first-order valence-corrected chi connectivity index (χ1v) is 13.6. The number of piperidine rings is 1. The number of likely N-dealkylation sites (tertiary alicyclic amines) is 1. The summed E-state index contributed by atoms with van der Waals surface area (Å²) in [6.07, 6.45) is 1.01. The summed E-state index contributed by atoms with van der Waals surface area (Å²) in [6.45, 7) is 1.80. The van der Waals surface area contributed by atoms with Gasteiger partial charge in [0.15, 0.2) is 0 Å². The molecule has 196 valence electrons. The normalized spacial score (nSPS) is 16.7. The third-order valence-electron chi connectivity index (χ3n) is 7.57. The van der Waals surface area contributed by atoms with Crippen LogP contribution in [0.15, 0.2) is 89.4 Å². The monoisotopic (exact) mass is 574 g/mol. The lowest BCUT2D eigenvalue weighted by Gasteiger charge is -2.43. The summed E-state index contributed by atoms with van der Waals surface area (Å²) in [7, 11) is 1.77. The number of amides is 3. The first-order valence-electron chi connectivity index (χ1n) is 12.8. The smallest absolute Gasteiger partial charge is 0.253 e. The second kappa shape index (κ2) is 11.0. The summed E-state index contributed by atoms with van der Waals surface area (Å²) in [5.41, 5.74) is 1.84. The molecule has 2 fully saturated rings. The Hall–Kier alpha value is -3.65. The van der Waals surface area contributed by atoms with Crippen molar-refractivity contribution in [1.82, 2.24) is 14.7 Å². The molecule has 0 bridgehead atoms. The summed E-state index contributed by atoms with van der Waals surface area (Å²) in [4.78, 5) is 47.5. The van der Waals surface area contributed by atoms with Gasteiger partial charge in [-0.1, -0.05) is 64.5 Å². The molecule has 3 amide bonds. The average molecular weight is 576 g/mol. The number of hydrogen-bond acceptors (Lipinski definition) is 4. The second-order valence-electron chi connectivity index (χ2n) is 9.97. The Morgan fingerprint density at radius 1 is 0.895 bits per heavy atom. The van der Waals surface area contributed by atoms with E-state index >= 15 is 0 Å². The van der Waals surface area contributed by atoms with E-state index in [0.29, 0.717) is 44.7 Å². The lowest BCUT2D eigenvalue weighted by atomic mass is 9.85. The molecular formula is C30H31BrN4O3. The molecule has 1 spiro atoms. The van der Waals surface area contributed by atoms with Gasteiger partial charge in [-0.25, -0.2) is 0 Å². The molecule has 0 radical (unpaired) electrons. The Morgan fingerprint density at radius 3 is 2.13 bits per heavy atom. The molecule has 0 aliphatic carbocycles. The Balaban J connectivity index is 1.32. The largest absolute Gasteiger partial charge is 0.340 e. The molecule has 3 aromatic carbocycles. The molecule has 7 nitrogen and oxygen atoms in total. The van der Waals surface area contributed by atoms with Crippen LogP contribution in [0.5, 0.6) is 0 Å². The molecule has 0 saturated carbocycles. The highest BCUT2D eigenvalue weighted by Crippen LogP contribution is 2.39. The highest BCUT2D eigenvalue weighted by molar-refractivity contribution is 9.10. The number of carbonyl (C=O) groups is 3. The number of nitrogens with zero attached hydrogens (tertiary/aromatic N) is 4. The highest BCUT2D eigenvalue weighted by Gasteiger charge is 2.54. The van der Waals surface area contributed by atoms with Gasteiger partial charge in [-0.3, -0.25) is 14.4 Å². The van der Waals surface area contributed by atoms with Crippen LogP contribution < -0.4 is 4.90 Å². The fraction of sp³-hybridized carbons (Fsp3) is 0.300. The molecule has 2 saturated heterocycles. The number of halogens is 1. The van der Waals surface area contributed by atoms with Crippen molar-refractivity contribution in [2.75, 3.05) is 38.3 Å². The minimum Gasteiger partial charge on any atom is -0.340 e. The number of rotatable bonds is 6. The van der Waals surface area contributed by atoms with Crippen LogP contribution in [0.2, 0.25) is 0 Å². The lowest BCUT2D eigenvalue weighted by Crippen LogP contribution is -2.57. The van der Waals surface area contributed by atoms with Crippen molar-refractivity contribution in [2.24, 2.45) is 0 Å². The lowest BCUT2D eigenvalue weighted by molar-refractivity contribution is -0.140. The van der Waals surface area contributed by atoms with E-state index < -0.39 is 5.54 Å². The maximum atomic E-state index is 14.0. The molecule has 2 aliphatic heterocycles. The molecule has 38 heavy (non-hydrogen) atoms. The Labute approximate surface area is 231 Å². The summed E-state index contributed by atoms with van der Waals surface area (Å²) < 4.78 is 0.922. The van der Waals surface area contributed by atoms with Crippen molar-refractivity contribution in [2.45, 2.75) is 24.9 Å². The van der Waals surface area contributed by atoms with Crippen LogP contribution in [0.3, 0.4) is 0 Å². The maximum Gasteiger partial charge on any atom is 0.253 e. The van der Waals surface area contributed by atoms with E-state index in [9.17, 15) is 14.4 Å². The Kier molecular flexibility index (Phi) is 7.51. The molecular weight excluding hydrogens is 544 g/mol. The van der Waals surface area contributed by atoms with Crippen molar-refractivity contribution in [1.29, 1.82) is 0 Å². The number of carbonyl (C=O) groups excluding carboxylic acids is 3. The molecule has 2 heterocycles. The molecule has 3 aromatic rings. The minimum absolute atomic E-state index is 0.0226. The fourth-order valence-corrected chi connectivity index (χ4v) is 5.67. The van der Waals surface area contributed by atoms with Gasteiger partial charge in [0, 0.05) is 42.4 Å². The Bertz CT molecular complexity index is 1290. The molecule has 2 aliphatic rings. The zero-order valence-corrected chi connectivity index (χ0v) is 23.0. The van der Waals surface area contributed by atoms with Crippen LogP contribution in [0, 0.1) is 0 Å². The highest BCUT2D eigenvalue weighted by atomic mass is 79.9. The fourth-order valence-electron chi connectivity index (χ4n) is 5.41. The van der Waals surface area contributed by atoms with Gasteiger partial charge < -0.3 is 19.6 Å². The molecule has 0 unspecified atom stereocenters. The summed E-state index contributed by atoms with van der Waals surface area (Å²) in [5, 5.41) is 0. The summed E-state index contributed by atoms with van der Waals surface area (Å²) in [5.74, 6) is -0.174. The van der Waals surface area contributed by atoms with E-state index in [4.69, 9.17) is 0 Å². The number of para-hydroxylation sites is 1. The zero-order chi connectivity index (χ0) is 26.7. The van der Waals surface area contributed by atoms with E-state index in [0.717, 1.165) is 15.7 Å². The van der Waals surface area contributed by atoms with Crippen LogP contribution in [0.1, 0.15) is 28.8 Å². The van der Waals surface area contributed by atoms with Crippen molar-refractivity contribution >= 4 is 39.3 Å². The van der Waals surface area contributed by atoms with E-state index in [2.05, 4.69) is 20.8 Å². The molecule has 8 heteroatoms. The third kappa shape index (κ3) is 5.18. The second-order valence-corrected chi connectivity index (χ2v) is 10.9. The quantitative estimate of drug-likeness (QED) is 0.438. The summed E-state index contributed by atoms with van der Waals surface area (Å²) in [6, 6.07) is 27.0. The predicted molar refractivity (Wildman–Crippen MR) is 150 cm³/mol. The first-order chi connectivity index (χ1) is 18.4. The van der Waals surface area contributed by atoms with Gasteiger partial charge in [-0.15, -0.1) is 0 Å². The molecule has 0 N–H and O–H groups in total. The van der Waals surface area contributed by atoms with Crippen molar-refractivity contribution in [3.63, 3.8) is 0 Å². The van der Waals surface area contributed by atoms with E-state index in [-0.39, 0.29) is 24.3 Å². The van der Waals surface area contributed by atoms with E-state index in [1.165, 1.54) is 0 Å². The summed E-state index contributed by atoms with van der Waals surface area (Å²) >= 11 is 3.41. The van der Waals surface area contributed by atoms with Crippen LogP contribution in [-0.2, 0) is 16.1 Å². The topological polar surface area (TPSA) is 64.2 Å². The number of likely N-dealkylation sites (N-methyl/N-ethyl adjacent to an activating group) is 1. The van der Waals surface area contributed by atoms with Crippen LogP contribution in [0.4, 0.5) is 5.69 Å². The minimum atomic E-state index is -0.782. The van der Waals surface area contributed by atoms with E-state index in [1.807, 2.05) is 89.8 Å². The molecule has 0 atom stereocenters. The van der Waals surface area contributed by atoms with Crippen LogP contribution >= 0.6 is 15.9 Å². The van der Waals surface area contributed by atoms with Crippen molar-refractivity contribution in [3.8, 4) is 0 Å². The van der Waals surface area contributed by atoms with Crippen LogP contribution in [-0.4, -0.2) is 71.3 Å². The van der Waals surface area contributed by atoms with Gasteiger partial charge in [-0.2, -0.15) is 0 Å². The maximum absolute atomic E-state index is 14.0. The average Bonchev–Trinajstić information content (AvgIpc) is 3.20. The van der Waals surface area contributed by atoms with Crippen LogP contribution in [0.25, 0.3) is 0 Å². The SMILES string of the molecule is CN(Cc1ccccc1)C(=O)CN1CN(c2ccccc2)C2(CCN(C(=O)c3ccc(Br)cc3)CC2)C1=O. The standard InChI is InChI=1S/C30H31BrN4O3/c1-32(20-23-8-4-2-5-9-23)27(36)21-34-22-35(26-10-6-3-7-11-26)30(29(34)38)16-18-33(19-17-30)28(37)24-12-14-25(31)15-13-24/h2-15H,16-22H2,1H3. The first kappa shape index (κ1) is 26.0. The van der Waals surface area contributed by atoms with Gasteiger partial charge in [-0.05, 0) is 54.8 Å². The van der Waals surface area contributed by atoms with Gasteiger partial charge in [0.1, 0.15) is 12.1 Å². The van der Waals surface area contributed by atoms with E-state index in [1.54, 1.807) is 16.8 Å². The Morgan fingerprint density at radius 2 is 1.50 bits per heavy atom. The van der Waals surface area contributed by atoms with Gasteiger partial charge in [0.05, 0.1) is 6.67 Å². The van der Waals surface area contributed by atoms with Crippen molar-refractivity contribution < 1.29 is 14.4 Å². The van der Waals surface area contributed by atoms with Gasteiger partial charge in [0.25, 0.3) is 11.8 Å². The third-order valence-corrected chi connectivity index (χ3v) is 8.09. The van der Waals surface area contributed by atoms with Gasteiger partial charge in [0.2, 0.25) is 5.91 Å². The predicted octanol–water partition coefficient (Wildman–Crippen LogP) is 4.39.